The molecular formula is C10H11N5O5S. The van der Waals surface area contributed by atoms with Gasteiger partial charge in [-0.2, -0.15) is 0 Å². The summed E-state index contributed by atoms with van der Waals surface area (Å²) >= 11 is 0. The van der Waals surface area contributed by atoms with Crippen LogP contribution in [0.3, 0.4) is 0 Å². The third-order valence-corrected chi connectivity index (χ3v) is 3.88. The van der Waals surface area contributed by atoms with E-state index in [1.54, 1.807) is 6.92 Å². The van der Waals surface area contributed by atoms with Crippen molar-refractivity contribution in [2.24, 2.45) is 5.84 Å². The molecule has 0 atom stereocenters. The molecule has 0 unspecified atom stereocenters. The molecule has 0 saturated carbocycles. The molecule has 1 aromatic carbocycles. The second-order valence-corrected chi connectivity index (χ2v) is 5.63. The zero-order valence-electron chi connectivity index (χ0n) is 10.7. The molecule has 0 fully saturated rings. The Hall–Kier alpha value is -2.66. The number of sulfonamides is 1. The maximum atomic E-state index is 12.2. The summed E-state index contributed by atoms with van der Waals surface area (Å²) in [6, 6.07) is 5.05. The van der Waals surface area contributed by atoms with Gasteiger partial charge in [0, 0.05) is 6.07 Å². The van der Waals surface area contributed by atoms with Gasteiger partial charge in [0.2, 0.25) is 0 Å². The van der Waals surface area contributed by atoms with Gasteiger partial charge in [0.15, 0.2) is 10.7 Å². The molecule has 0 aliphatic carbocycles. The van der Waals surface area contributed by atoms with Crippen molar-refractivity contribution in [3.05, 3.63) is 40.1 Å². The lowest BCUT2D eigenvalue weighted by Crippen LogP contribution is -2.17. The van der Waals surface area contributed by atoms with Gasteiger partial charge in [-0.15, -0.1) is 0 Å². The van der Waals surface area contributed by atoms with E-state index in [1.807, 2.05) is 0 Å². The van der Waals surface area contributed by atoms with Gasteiger partial charge in [0.05, 0.1) is 4.92 Å². The van der Waals surface area contributed by atoms with Crippen LogP contribution in [0.25, 0.3) is 0 Å². The van der Waals surface area contributed by atoms with Crippen LogP contribution in [0.4, 0.5) is 17.2 Å². The number of nitrogens with two attached hydrogens (primary N) is 1. The van der Waals surface area contributed by atoms with Crippen LogP contribution in [-0.4, -0.2) is 18.5 Å². The Morgan fingerprint density at radius 2 is 2.14 bits per heavy atom. The Morgan fingerprint density at radius 1 is 1.43 bits per heavy atom. The molecule has 0 spiro atoms. The van der Waals surface area contributed by atoms with E-state index < -0.39 is 25.5 Å². The van der Waals surface area contributed by atoms with E-state index in [4.69, 9.17) is 10.4 Å². The quantitative estimate of drug-likeness (QED) is 0.419. The fourth-order valence-electron chi connectivity index (χ4n) is 1.65. The predicted molar refractivity (Wildman–Crippen MR) is 73.0 cm³/mol. The second-order valence-electron chi connectivity index (χ2n) is 3.98. The normalized spacial score (nSPS) is 11.1. The molecular weight excluding hydrogens is 302 g/mol. The first kappa shape index (κ1) is 14.7. The molecule has 2 rings (SSSR count). The monoisotopic (exact) mass is 313 g/mol. The fourth-order valence-corrected chi connectivity index (χ4v) is 2.83. The Balaban J connectivity index is 2.52. The van der Waals surface area contributed by atoms with Crippen molar-refractivity contribution in [2.75, 3.05) is 10.1 Å². The lowest BCUT2D eigenvalue weighted by molar-refractivity contribution is -0.386. The summed E-state index contributed by atoms with van der Waals surface area (Å²) in [7, 11) is -4.22. The van der Waals surface area contributed by atoms with Crippen LogP contribution in [0.1, 0.15) is 5.76 Å². The molecule has 21 heavy (non-hydrogen) atoms. The molecule has 4 N–H and O–H groups in total. The lowest BCUT2D eigenvalue weighted by atomic mass is 10.3. The fraction of sp³-hybridized carbons (Fsp3) is 0.100. The zero-order chi connectivity index (χ0) is 15.6. The Labute approximate surface area is 119 Å². The molecule has 0 aliphatic heterocycles. The Kier molecular flexibility index (Phi) is 3.78. The largest absolute Gasteiger partial charge is 0.360 e. The zero-order valence-corrected chi connectivity index (χ0v) is 11.5. The van der Waals surface area contributed by atoms with Crippen LogP contribution in [-0.2, 0) is 10.0 Å². The van der Waals surface area contributed by atoms with E-state index in [0.29, 0.717) is 5.76 Å². The van der Waals surface area contributed by atoms with Crippen molar-refractivity contribution in [1.29, 1.82) is 0 Å². The molecule has 2 aromatic rings. The highest BCUT2D eigenvalue weighted by molar-refractivity contribution is 7.92. The van der Waals surface area contributed by atoms with Crippen molar-refractivity contribution in [3.8, 4) is 0 Å². The van der Waals surface area contributed by atoms with Crippen LogP contribution in [0.15, 0.2) is 33.7 Å². The molecule has 0 saturated heterocycles. The molecule has 0 amide bonds. The van der Waals surface area contributed by atoms with Crippen molar-refractivity contribution in [1.82, 2.24) is 5.16 Å². The average Bonchev–Trinajstić information content (AvgIpc) is 2.82. The highest BCUT2D eigenvalue weighted by Gasteiger charge is 2.29. The van der Waals surface area contributed by atoms with Gasteiger partial charge in [0.25, 0.3) is 10.0 Å². The average molecular weight is 313 g/mol. The first-order valence-electron chi connectivity index (χ1n) is 5.55. The van der Waals surface area contributed by atoms with E-state index in [2.05, 4.69) is 15.3 Å². The molecule has 1 aromatic heterocycles. The summed E-state index contributed by atoms with van der Waals surface area (Å²) < 4.78 is 31.3. The number of benzene rings is 1. The number of para-hydroxylation sites is 1. The number of hydrazine groups is 1. The van der Waals surface area contributed by atoms with Crippen molar-refractivity contribution < 1.29 is 17.9 Å². The minimum absolute atomic E-state index is 0.0760. The summed E-state index contributed by atoms with van der Waals surface area (Å²) in [4.78, 5) is 9.71. The van der Waals surface area contributed by atoms with E-state index in [1.165, 1.54) is 18.2 Å². The van der Waals surface area contributed by atoms with Crippen LogP contribution < -0.4 is 16.0 Å². The van der Waals surface area contributed by atoms with Gasteiger partial charge in [-0.3, -0.25) is 20.7 Å². The maximum absolute atomic E-state index is 12.2. The Bertz CT molecular complexity index is 785. The van der Waals surface area contributed by atoms with Gasteiger partial charge in [0.1, 0.15) is 11.4 Å². The molecule has 0 aliphatic rings. The van der Waals surface area contributed by atoms with Gasteiger partial charge in [-0.1, -0.05) is 11.2 Å². The summed E-state index contributed by atoms with van der Waals surface area (Å²) in [5.41, 5.74) is 1.30. The van der Waals surface area contributed by atoms with Crippen LogP contribution in [0, 0.1) is 17.0 Å². The minimum Gasteiger partial charge on any atom is -0.360 e. The third kappa shape index (κ3) is 2.93. The van der Waals surface area contributed by atoms with Crippen LogP contribution in [0.2, 0.25) is 0 Å². The topological polar surface area (TPSA) is 153 Å². The summed E-state index contributed by atoms with van der Waals surface area (Å²) in [5, 5.41) is 14.6. The first-order chi connectivity index (χ1) is 9.85. The predicted octanol–water partition coefficient (Wildman–Crippen LogP) is 0.978. The summed E-state index contributed by atoms with van der Waals surface area (Å²) in [6.07, 6.45) is 0. The minimum atomic E-state index is -4.22. The van der Waals surface area contributed by atoms with E-state index >= 15 is 0 Å². The SMILES string of the molecule is Cc1cc(NS(=O)(=O)c2cccc(NN)c2[N+](=O)[O-])no1. The number of nitro groups is 1. The number of nitrogens with one attached hydrogen (secondary N) is 2. The highest BCUT2D eigenvalue weighted by atomic mass is 32.2. The van der Waals surface area contributed by atoms with Gasteiger partial charge < -0.3 is 9.95 Å². The molecule has 10 nitrogen and oxygen atoms in total. The third-order valence-electron chi connectivity index (χ3n) is 2.49. The summed E-state index contributed by atoms with van der Waals surface area (Å²) in [6.45, 7) is 1.58. The number of hydrogen-bond acceptors (Lipinski definition) is 8. The van der Waals surface area contributed by atoms with Crippen molar-refractivity contribution >= 4 is 27.2 Å². The summed E-state index contributed by atoms with van der Waals surface area (Å²) in [5.74, 6) is 5.47. The van der Waals surface area contributed by atoms with Crippen LogP contribution >= 0.6 is 0 Å². The number of aromatic nitrogens is 1. The number of nitro benzene ring substituents is 1. The van der Waals surface area contributed by atoms with Gasteiger partial charge in [-0.25, -0.2) is 8.42 Å². The number of rotatable bonds is 5. The smallest absolute Gasteiger partial charge is 0.314 e. The van der Waals surface area contributed by atoms with E-state index in [-0.39, 0.29) is 11.5 Å². The standard InChI is InChI=1S/C10H11N5O5S/c1-6-5-9(13-20-6)14-21(18,19)8-4-2-3-7(12-11)10(8)15(16)17/h2-5,12H,11H2,1H3,(H,13,14). The van der Waals surface area contributed by atoms with Crippen molar-refractivity contribution in [3.63, 3.8) is 0 Å². The number of hydrogen-bond donors (Lipinski definition) is 3. The number of nitrogens with zero attached hydrogens (tertiary/aromatic N) is 2. The van der Waals surface area contributed by atoms with Gasteiger partial charge >= 0.3 is 5.69 Å². The van der Waals surface area contributed by atoms with Gasteiger partial charge in [-0.05, 0) is 19.1 Å². The Morgan fingerprint density at radius 3 is 2.67 bits per heavy atom. The lowest BCUT2D eigenvalue weighted by Gasteiger charge is -2.08. The number of aryl methyl sites for hydroxylation is 1. The molecule has 1 heterocycles. The number of nitrogen functional groups attached to an aromatic ring is 1. The van der Waals surface area contributed by atoms with Crippen molar-refractivity contribution in [2.45, 2.75) is 11.8 Å². The van der Waals surface area contributed by atoms with E-state index in [9.17, 15) is 18.5 Å². The molecule has 11 heteroatoms. The molecule has 112 valence electrons. The number of anilines is 2. The molecule has 0 radical (unpaired) electrons. The molecule has 0 bridgehead atoms. The van der Waals surface area contributed by atoms with Crippen LogP contribution in [0.5, 0.6) is 0 Å². The second kappa shape index (κ2) is 5.38. The highest BCUT2D eigenvalue weighted by Crippen LogP contribution is 2.32. The van der Waals surface area contributed by atoms with E-state index in [0.717, 1.165) is 6.07 Å². The first-order valence-corrected chi connectivity index (χ1v) is 7.03. The maximum Gasteiger partial charge on any atom is 0.314 e.